The quantitative estimate of drug-likeness (QED) is 0.0286. The minimum Gasteiger partial charge on any atom is -0.493 e. The molecular weight excluding hydrogens is 1310 g/mol. The lowest BCUT2D eigenvalue weighted by molar-refractivity contribution is 0.263. The number of benzene rings is 19. The second-order valence-corrected chi connectivity index (χ2v) is 38.8. The first kappa shape index (κ1) is 55.6. The summed E-state index contributed by atoms with van der Waals surface area (Å²) in [4.78, 5) is 3.00. The fourth-order valence-corrected chi connectivity index (χ4v) is 32.2. The Morgan fingerprint density at radius 3 is 0.611 bits per heavy atom. The van der Waals surface area contributed by atoms with Gasteiger partial charge in [0, 0.05) is 18.7 Å². The Labute approximate surface area is 621 Å². The van der Waals surface area contributed by atoms with Gasteiger partial charge < -0.3 is 9.47 Å². The van der Waals surface area contributed by atoms with E-state index in [9.17, 15) is 0 Å². The Hall–Kier alpha value is -8.76. The molecule has 1 unspecified atom stereocenters. The summed E-state index contributed by atoms with van der Waals surface area (Å²) in [7, 11) is 2.62. The molecule has 0 bridgehead atoms. The first-order chi connectivity index (χ1) is 53.7. The zero-order valence-corrected chi connectivity index (χ0v) is 62.8. The van der Waals surface area contributed by atoms with Crippen LogP contribution in [0.1, 0.15) is 253 Å². The van der Waals surface area contributed by atoms with Crippen LogP contribution in [0.2, 0.25) is 0 Å². The molecule has 0 N–H and O–H groups in total. The van der Waals surface area contributed by atoms with Crippen molar-refractivity contribution in [2.45, 2.75) is 236 Å². The van der Waals surface area contributed by atoms with Gasteiger partial charge in [-0.1, -0.05) is 206 Å². The largest absolute Gasteiger partial charge is 0.493 e. The minimum atomic E-state index is -0.440. The molecule has 4 aliphatic carbocycles. The summed E-state index contributed by atoms with van der Waals surface area (Å²) >= 11 is 0. The Balaban J connectivity index is 0.587. The summed E-state index contributed by atoms with van der Waals surface area (Å²) in [6, 6.07) is 7.59. The highest BCUT2D eigenvalue weighted by molar-refractivity contribution is 6.82. The lowest BCUT2D eigenvalue weighted by Crippen LogP contribution is -2.51. The van der Waals surface area contributed by atoms with Gasteiger partial charge in [-0.25, -0.2) is 0 Å². The summed E-state index contributed by atoms with van der Waals surface area (Å²) in [6.45, 7) is 7.16. The zero-order valence-electron chi connectivity index (χ0n) is 62.8. The van der Waals surface area contributed by atoms with Gasteiger partial charge in [-0.05, 0) is 351 Å². The van der Waals surface area contributed by atoms with Crippen molar-refractivity contribution in [3.05, 3.63) is 46.0 Å². The van der Waals surface area contributed by atoms with Crippen LogP contribution >= 0.6 is 0 Å². The monoisotopic (exact) mass is 1390 g/mol. The van der Waals surface area contributed by atoms with E-state index in [1.165, 1.54) is 198 Å². The van der Waals surface area contributed by atoms with E-state index in [0.717, 1.165) is 44.1 Å². The standard InChI is InChI=1S/C105H83NO2/c1-4-6-8-10-12-14-16-18-20-22-24-26-28-30-32-34-36-107-43-38-42(39-44(40-43)108-37-35-33-31-29-27-25-23-21-19-17-15-13-11-9-7-5-2)103-105-101-95-89-79-67-59-51-47-45-46-49-53(51)61(67)71-65-57(49)58-50(46)54-52-48(45)56-55(47)63-69(59)77-83-73(63)74-64(56)70-60(52)68-62(54)72-66(58)76-75(65)87(81(71)89)97(101)98-88(76)82(72)90-80(68)86-78(70)84(74)92-91(83)99(93(95)85(77)79)104(105,41-106(103)3)100(92)94(86)96(90)102(98)105/h38-40,103H,4-37,41H2,1-3H3. The summed E-state index contributed by atoms with van der Waals surface area (Å²) in [5.74, 6) is 2.04. The molecule has 0 radical (unpaired) electrons. The highest BCUT2D eigenvalue weighted by atomic mass is 16.5. The van der Waals surface area contributed by atoms with Crippen molar-refractivity contribution in [3.8, 4) is 11.5 Å². The minimum absolute atomic E-state index is 0.0187. The lowest BCUT2D eigenvalue weighted by Gasteiger charge is -2.52. The van der Waals surface area contributed by atoms with Crippen molar-refractivity contribution in [1.29, 1.82) is 0 Å². The molecule has 29 aromatic carbocycles. The SMILES string of the molecule is CCCCCCCCCCCCCCCCCCOc1cc(OCCCCCCCCCCCCCCCCCC)cc(C2N(C)CC34c5c6c7c8c9c%10c(c%11c%12c3c3c5c5c%13c6c6c7c7c9c9c%14c%10c%10c%11c%11c%12c%12c3c3c5c5c%13c%13c6c6c7c9c7c9c%14c%10c%10c%11c%11c%12c3c3c5c5c%13c6c7c6c9c%10c%11c3c56)C824)c1. The average Bonchev–Trinajstić information content (AvgIpc) is 1.38. The predicted molar refractivity (Wildman–Crippen MR) is 466 cm³/mol. The molecule has 29 aromatic rings. The van der Waals surface area contributed by atoms with Gasteiger partial charge in [0.1, 0.15) is 11.5 Å². The Morgan fingerprint density at radius 1 is 0.231 bits per heavy atom. The van der Waals surface area contributed by atoms with E-state index in [4.69, 9.17) is 9.47 Å². The van der Waals surface area contributed by atoms with Crippen LogP contribution in [0.15, 0.2) is 18.2 Å². The van der Waals surface area contributed by atoms with Crippen LogP contribution in [0.3, 0.4) is 0 Å². The maximum Gasteiger partial charge on any atom is 0.123 e. The molecule has 34 rings (SSSR count). The van der Waals surface area contributed by atoms with Gasteiger partial charge in [0.05, 0.1) is 24.0 Å². The normalized spacial score (nSPS) is 19.7. The molecule has 1 heterocycles. The number of hydrogen-bond donors (Lipinski definition) is 0. The Kier molecular flexibility index (Phi) is 8.87. The maximum atomic E-state index is 7.36. The third kappa shape index (κ3) is 4.80. The van der Waals surface area contributed by atoms with Crippen LogP contribution in [-0.4, -0.2) is 31.7 Å². The van der Waals surface area contributed by atoms with E-state index in [2.05, 4.69) is 44.0 Å². The highest BCUT2D eigenvalue weighted by Gasteiger charge is 2.76. The van der Waals surface area contributed by atoms with E-state index in [1.54, 1.807) is 313 Å². The van der Waals surface area contributed by atoms with Crippen LogP contribution in [0.5, 0.6) is 11.5 Å². The summed E-state index contributed by atoms with van der Waals surface area (Å²) < 4.78 is 14.7. The summed E-state index contributed by atoms with van der Waals surface area (Å²) in [5.41, 5.74) is 7.66. The van der Waals surface area contributed by atoms with Gasteiger partial charge in [0.2, 0.25) is 0 Å². The first-order valence-corrected chi connectivity index (χ1v) is 44.6. The van der Waals surface area contributed by atoms with Crippen LogP contribution in [0.4, 0.5) is 0 Å². The van der Waals surface area contributed by atoms with Crippen molar-refractivity contribution >= 4 is 291 Å². The first-order valence-electron chi connectivity index (χ1n) is 44.6. The van der Waals surface area contributed by atoms with E-state index < -0.39 is 5.41 Å². The number of ether oxygens (including phenoxy) is 2. The van der Waals surface area contributed by atoms with Crippen molar-refractivity contribution in [1.82, 2.24) is 4.90 Å². The van der Waals surface area contributed by atoms with Gasteiger partial charge in [0.15, 0.2) is 0 Å². The van der Waals surface area contributed by atoms with Crippen LogP contribution < -0.4 is 9.47 Å². The molecule has 1 saturated heterocycles. The topological polar surface area (TPSA) is 21.7 Å². The fraction of sp³-hybridized carbons (Fsp3) is 0.390. The van der Waals surface area contributed by atoms with Crippen molar-refractivity contribution in [2.75, 3.05) is 26.8 Å². The van der Waals surface area contributed by atoms with Crippen molar-refractivity contribution in [3.63, 3.8) is 0 Å². The second kappa shape index (κ2) is 17.2. The zero-order chi connectivity index (χ0) is 68.7. The molecule has 2 spiro atoms. The van der Waals surface area contributed by atoms with Crippen LogP contribution in [0.25, 0.3) is 291 Å². The molecule has 3 nitrogen and oxygen atoms in total. The molecule has 520 valence electrons. The molecule has 1 fully saturated rings. The molecule has 0 aromatic heterocycles. The van der Waals surface area contributed by atoms with Crippen molar-refractivity contribution < 1.29 is 9.47 Å². The molecular formula is C105H83NO2. The lowest BCUT2D eigenvalue weighted by atomic mass is 9.47. The number of hydrogen-bond acceptors (Lipinski definition) is 3. The highest BCUT2D eigenvalue weighted by Crippen LogP contribution is 2.87. The van der Waals surface area contributed by atoms with Crippen molar-refractivity contribution in [2.24, 2.45) is 0 Å². The van der Waals surface area contributed by atoms with Gasteiger partial charge in [-0.2, -0.15) is 0 Å². The molecule has 108 heavy (non-hydrogen) atoms. The number of likely N-dealkylation sites (N-methyl/N-ethyl adjacent to an activating group) is 1. The maximum absolute atomic E-state index is 7.36. The fourth-order valence-electron chi connectivity index (χ4n) is 32.2. The Morgan fingerprint density at radius 2 is 0.407 bits per heavy atom. The van der Waals surface area contributed by atoms with Crippen LogP contribution in [0, 0.1) is 0 Å². The predicted octanol–water partition coefficient (Wildman–Crippen LogP) is 31.3. The average molecular weight is 1390 g/mol. The van der Waals surface area contributed by atoms with Gasteiger partial charge >= 0.3 is 0 Å². The third-order valence-electron chi connectivity index (χ3n) is 34.7. The molecule has 1 aliphatic heterocycles. The van der Waals surface area contributed by atoms with Gasteiger partial charge in [0.25, 0.3) is 0 Å². The van der Waals surface area contributed by atoms with Crippen LogP contribution in [-0.2, 0) is 10.8 Å². The second-order valence-electron chi connectivity index (χ2n) is 38.8. The molecule has 3 heteroatoms. The number of unbranched alkanes of at least 4 members (excludes halogenated alkanes) is 30. The third-order valence-corrected chi connectivity index (χ3v) is 34.7. The van der Waals surface area contributed by atoms with E-state index in [1.807, 2.05) is 0 Å². The van der Waals surface area contributed by atoms with Gasteiger partial charge in [-0.15, -0.1) is 0 Å². The number of rotatable bonds is 37. The smallest absolute Gasteiger partial charge is 0.123 e. The number of nitrogens with zero attached hydrogens (tertiary/aromatic N) is 1. The Bertz CT molecular complexity index is 8010. The number of likely N-dealkylation sites (tertiary alicyclic amines) is 1. The molecule has 0 amide bonds. The van der Waals surface area contributed by atoms with Gasteiger partial charge in [-0.3, -0.25) is 4.90 Å². The molecule has 0 saturated carbocycles. The van der Waals surface area contributed by atoms with E-state index in [-0.39, 0.29) is 11.5 Å². The molecule has 5 aliphatic rings. The summed E-state index contributed by atoms with van der Waals surface area (Å²) in [5, 5.41) is 90.2. The van der Waals surface area contributed by atoms with E-state index in [0.29, 0.717) is 0 Å². The molecule has 1 atom stereocenters. The summed E-state index contributed by atoms with van der Waals surface area (Å²) in [6.07, 6.45) is 44.0. The van der Waals surface area contributed by atoms with E-state index >= 15 is 0 Å².